The minimum absolute atomic E-state index is 0.241. The topological polar surface area (TPSA) is 56.5 Å². The molecule has 0 spiro atoms. The van der Waals surface area contributed by atoms with Gasteiger partial charge in [0.2, 0.25) is 0 Å². The number of likely N-dealkylation sites (tertiary alicyclic amines) is 1. The minimum Gasteiger partial charge on any atom is -0.489 e. The third-order valence-corrected chi connectivity index (χ3v) is 4.71. The average molecular weight is 286 g/mol. The normalized spacial score (nSPS) is 26.3. The van der Waals surface area contributed by atoms with E-state index in [2.05, 4.69) is 11.0 Å². The highest BCUT2D eigenvalue weighted by Gasteiger charge is 2.36. The maximum atomic E-state index is 10.1. The molecule has 112 valence electrons. The van der Waals surface area contributed by atoms with Crippen LogP contribution in [0.5, 0.6) is 5.75 Å². The molecule has 4 heteroatoms. The van der Waals surface area contributed by atoms with Gasteiger partial charge in [-0.1, -0.05) is 18.6 Å². The van der Waals surface area contributed by atoms with Crippen molar-refractivity contribution >= 4 is 0 Å². The molecule has 1 saturated carbocycles. The average Bonchev–Trinajstić information content (AvgIpc) is 3.06. The maximum absolute atomic E-state index is 10.1. The van der Waals surface area contributed by atoms with Crippen LogP contribution in [0.4, 0.5) is 0 Å². The lowest BCUT2D eigenvalue weighted by Gasteiger charge is -2.21. The van der Waals surface area contributed by atoms with E-state index in [1.807, 2.05) is 12.1 Å². The largest absolute Gasteiger partial charge is 0.489 e. The van der Waals surface area contributed by atoms with Crippen molar-refractivity contribution in [2.75, 3.05) is 26.2 Å². The number of hydrogen-bond acceptors (Lipinski definition) is 4. The lowest BCUT2D eigenvalue weighted by atomic mass is 10.0. The number of fused-ring (bicyclic) bond motifs is 1. The van der Waals surface area contributed by atoms with Crippen molar-refractivity contribution in [3.63, 3.8) is 0 Å². The van der Waals surface area contributed by atoms with E-state index >= 15 is 0 Å². The molecule has 1 saturated heterocycles. The van der Waals surface area contributed by atoms with Crippen molar-refractivity contribution in [1.82, 2.24) is 4.90 Å². The zero-order valence-corrected chi connectivity index (χ0v) is 12.2. The molecule has 1 aliphatic heterocycles. The molecule has 1 heterocycles. The van der Waals surface area contributed by atoms with Crippen LogP contribution in [0.3, 0.4) is 0 Å². The number of benzene rings is 1. The smallest absolute Gasteiger partial charge is 0.137 e. The number of hydrogen-bond donors (Lipinski definition) is 1. The Hall–Kier alpha value is -1.57. The molecule has 2 fully saturated rings. The van der Waals surface area contributed by atoms with Crippen LogP contribution in [0.15, 0.2) is 24.3 Å². The maximum Gasteiger partial charge on any atom is 0.137 e. The molecule has 0 bridgehead atoms. The molecule has 1 N–H and O–H groups in total. The highest BCUT2D eigenvalue weighted by atomic mass is 16.5. The number of β-amino-alcohol motifs (C(OH)–C–C–N with tert-alkyl or cyclic N) is 1. The summed E-state index contributed by atoms with van der Waals surface area (Å²) in [6.07, 6.45) is 3.57. The van der Waals surface area contributed by atoms with E-state index < -0.39 is 6.10 Å². The van der Waals surface area contributed by atoms with Crippen molar-refractivity contribution in [2.45, 2.75) is 25.4 Å². The van der Waals surface area contributed by atoms with Crippen LogP contribution in [-0.4, -0.2) is 42.4 Å². The predicted octanol–water partition coefficient (Wildman–Crippen LogP) is 2.03. The van der Waals surface area contributed by atoms with E-state index in [0.29, 0.717) is 17.9 Å². The van der Waals surface area contributed by atoms with Crippen molar-refractivity contribution < 1.29 is 9.84 Å². The van der Waals surface area contributed by atoms with Crippen LogP contribution in [0, 0.1) is 23.2 Å². The molecule has 3 rings (SSSR count). The molecular weight excluding hydrogens is 264 g/mol. The van der Waals surface area contributed by atoms with Gasteiger partial charge in [-0.05, 0) is 36.8 Å². The fourth-order valence-corrected chi connectivity index (χ4v) is 3.70. The summed E-state index contributed by atoms with van der Waals surface area (Å²) in [5.41, 5.74) is 0.514. The molecule has 1 aromatic carbocycles. The second kappa shape index (κ2) is 6.46. The summed E-state index contributed by atoms with van der Waals surface area (Å²) < 4.78 is 5.59. The first-order valence-corrected chi connectivity index (χ1v) is 7.78. The van der Waals surface area contributed by atoms with E-state index in [0.717, 1.165) is 24.9 Å². The van der Waals surface area contributed by atoms with Crippen LogP contribution in [0.1, 0.15) is 24.8 Å². The number of ether oxygens (including phenoxy) is 1. The van der Waals surface area contributed by atoms with Gasteiger partial charge in [-0.2, -0.15) is 5.26 Å². The summed E-state index contributed by atoms with van der Waals surface area (Å²) in [6.45, 7) is 3.15. The van der Waals surface area contributed by atoms with E-state index in [-0.39, 0.29) is 6.61 Å². The molecule has 21 heavy (non-hydrogen) atoms. The second-order valence-corrected chi connectivity index (χ2v) is 6.24. The van der Waals surface area contributed by atoms with Gasteiger partial charge in [0.05, 0.1) is 5.56 Å². The quantitative estimate of drug-likeness (QED) is 0.900. The van der Waals surface area contributed by atoms with Crippen LogP contribution in [-0.2, 0) is 0 Å². The van der Waals surface area contributed by atoms with Gasteiger partial charge in [-0.25, -0.2) is 0 Å². The molecule has 0 aromatic heterocycles. The van der Waals surface area contributed by atoms with Crippen LogP contribution in [0.2, 0.25) is 0 Å². The molecule has 2 aliphatic rings. The van der Waals surface area contributed by atoms with Gasteiger partial charge in [0.15, 0.2) is 0 Å². The van der Waals surface area contributed by atoms with Crippen molar-refractivity contribution in [1.29, 1.82) is 5.26 Å². The number of rotatable bonds is 5. The number of aliphatic hydroxyl groups excluding tert-OH is 1. The van der Waals surface area contributed by atoms with Crippen LogP contribution < -0.4 is 4.74 Å². The van der Waals surface area contributed by atoms with E-state index in [9.17, 15) is 5.11 Å². The van der Waals surface area contributed by atoms with Gasteiger partial charge in [0, 0.05) is 19.6 Å². The summed E-state index contributed by atoms with van der Waals surface area (Å²) in [7, 11) is 0. The third-order valence-electron chi connectivity index (χ3n) is 4.71. The molecule has 4 nitrogen and oxygen atoms in total. The Bertz CT molecular complexity index is 514. The Morgan fingerprint density at radius 2 is 2.00 bits per heavy atom. The summed E-state index contributed by atoms with van der Waals surface area (Å²) in [6, 6.07) is 9.24. The van der Waals surface area contributed by atoms with Gasteiger partial charge in [-0.15, -0.1) is 0 Å². The monoisotopic (exact) mass is 286 g/mol. The third kappa shape index (κ3) is 3.37. The summed E-state index contributed by atoms with van der Waals surface area (Å²) in [5.74, 6) is 2.24. The van der Waals surface area contributed by atoms with Gasteiger partial charge in [0.1, 0.15) is 24.5 Å². The molecule has 3 atom stereocenters. The van der Waals surface area contributed by atoms with Gasteiger partial charge >= 0.3 is 0 Å². The Morgan fingerprint density at radius 3 is 2.71 bits per heavy atom. The Labute approximate surface area is 125 Å². The zero-order chi connectivity index (χ0) is 14.7. The van der Waals surface area contributed by atoms with E-state index in [4.69, 9.17) is 10.00 Å². The van der Waals surface area contributed by atoms with Crippen LogP contribution >= 0.6 is 0 Å². The zero-order valence-electron chi connectivity index (χ0n) is 12.2. The standard InChI is InChI=1S/C17H22N2O2/c18-8-13-4-1-2-7-17(13)21-12-16(20)11-19-9-14-5-3-6-15(14)10-19/h1-2,4,7,14-16,20H,3,5-6,9-12H2. The molecule has 0 amide bonds. The highest BCUT2D eigenvalue weighted by Crippen LogP contribution is 2.37. The van der Waals surface area contributed by atoms with Gasteiger partial charge in [0.25, 0.3) is 0 Å². The lowest BCUT2D eigenvalue weighted by Crippen LogP contribution is -2.34. The number of nitrogens with zero attached hydrogens (tertiary/aromatic N) is 2. The Balaban J connectivity index is 1.47. The van der Waals surface area contributed by atoms with E-state index in [1.54, 1.807) is 12.1 Å². The molecule has 1 aliphatic carbocycles. The molecular formula is C17H22N2O2. The number of aliphatic hydroxyl groups is 1. The van der Waals surface area contributed by atoms with Crippen molar-refractivity contribution in [2.24, 2.45) is 11.8 Å². The SMILES string of the molecule is N#Cc1ccccc1OCC(O)CN1CC2CCCC2C1. The first-order chi connectivity index (χ1) is 10.3. The molecule has 1 aromatic rings. The molecule has 0 radical (unpaired) electrons. The molecule has 3 unspecified atom stereocenters. The first-order valence-electron chi connectivity index (χ1n) is 7.78. The Morgan fingerprint density at radius 1 is 1.29 bits per heavy atom. The lowest BCUT2D eigenvalue weighted by molar-refractivity contribution is 0.0733. The second-order valence-electron chi connectivity index (χ2n) is 6.24. The highest BCUT2D eigenvalue weighted by molar-refractivity contribution is 5.42. The fraction of sp³-hybridized carbons (Fsp3) is 0.588. The minimum atomic E-state index is -0.504. The van der Waals surface area contributed by atoms with Crippen molar-refractivity contribution in [3.8, 4) is 11.8 Å². The van der Waals surface area contributed by atoms with E-state index in [1.165, 1.54) is 19.3 Å². The number of nitriles is 1. The van der Waals surface area contributed by atoms with Crippen molar-refractivity contribution in [3.05, 3.63) is 29.8 Å². The first kappa shape index (κ1) is 14.4. The summed E-state index contributed by atoms with van der Waals surface area (Å²) >= 11 is 0. The van der Waals surface area contributed by atoms with Crippen LogP contribution in [0.25, 0.3) is 0 Å². The fourth-order valence-electron chi connectivity index (χ4n) is 3.70. The van der Waals surface area contributed by atoms with Gasteiger partial charge in [-0.3, -0.25) is 0 Å². The number of para-hydroxylation sites is 1. The summed E-state index contributed by atoms with van der Waals surface area (Å²) in [5, 5.41) is 19.2. The van der Waals surface area contributed by atoms with Gasteiger partial charge < -0.3 is 14.7 Å². The predicted molar refractivity (Wildman–Crippen MR) is 79.9 cm³/mol. The Kier molecular flexibility index (Phi) is 4.42. The summed E-state index contributed by atoms with van der Waals surface area (Å²) in [4.78, 5) is 2.36.